The second-order valence-electron chi connectivity index (χ2n) is 5.72. The maximum Gasteiger partial charge on any atom is 0.0267 e. The van der Waals surface area contributed by atoms with Crippen molar-refractivity contribution in [1.82, 2.24) is 9.80 Å². The molecule has 3 heteroatoms. The minimum Gasteiger partial charge on any atom is -0.329 e. The topological polar surface area (TPSA) is 32.5 Å². The van der Waals surface area contributed by atoms with Gasteiger partial charge in [-0.25, -0.2) is 0 Å². The summed E-state index contributed by atoms with van der Waals surface area (Å²) >= 11 is 0. The molecule has 3 rings (SSSR count). The molecule has 0 amide bonds. The molecule has 0 bridgehead atoms. The van der Waals surface area contributed by atoms with Gasteiger partial charge in [-0.1, -0.05) is 6.42 Å². The van der Waals surface area contributed by atoms with Crippen LogP contribution in [0.5, 0.6) is 0 Å². The number of likely N-dealkylation sites (tertiary alicyclic amines) is 1. The van der Waals surface area contributed by atoms with Crippen LogP contribution in [0, 0.1) is 0 Å². The van der Waals surface area contributed by atoms with Gasteiger partial charge in [0.05, 0.1) is 0 Å². The highest BCUT2D eigenvalue weighted by molar-refractivity contribution is 4.99. The molecule has 0 radical (unpaired) electrons. The third-order valence-electron chi connectivity index (χ3n) is 4.94. The van der Waals surface area contributed by atoms with E-state index >= 15 is 0 Å². The Labute approximate surface area is 99.0 Å². The molecule has 3 aliphatic rings. The number of piperidine rings is 1. The first-order chi connectivity index (χ1) is 7.90. The van der Waals surface area contributed by atoms with Crippen molar-refractivity contribution in [3.63, 3.8) is 0 Å². The lowest BCUT2D eigenvalue weighted by atomic mass is 9.96. The Kier molecular flexibility index (Phi) is 3.18. The molecular formula is C13H25N3. The first-order valence-electron chi connectivity index (χ1n) is 7.10. The van der Waals surface area contributed by atoms with E-state index in [9.17, 15) is 0 Å². The van der Waals surface area contributed by atoms with Crippen molar-refractivity contribution in [1.29, 1.82) is 0 Å². The normalized spacial score (nSPS) is 41.4. The highest BCUT2D eigenvalue weighted by Crippen LogP contribution is 2.34. The van der Waals surface area contributed by atoms with E-state index in [1.807, 2.05) is 0 Å². The largest absolute Gasteiger partial charge is 0.329 e. The summed E-state index contributed by atoms with van der Waals surface area (Å²) in [5.41, 5.74) is 5.94. The Morgan fingerprint density at radius 1 is 0.875 bits per heavy atom. The van der Waals surface area contributed by atoms with E-state index in [2.05, 4.69) is 9.80 Å². The molecule has 92 valence electrons. The second kappa shape index (κ2) is 4.63. The van der Waals surface area contributed by atoms with Crippen molar-refractivity contribution in [2.75, 3.05) is 26.2 Å². The van der Waals surface area contributed by atoms with Gasteiger partial charge in [0.2, 0.25) is 0 Å². The summed E-state index contributed by atoms with van der Waals surface area (Å²) in [7, 11) is 0. The van der Waals surface area contributed by atoms with Crippen molar-refractivity contribution >= 4 is 0 Å². The maximum absolute atomic E-state index is 5.94. The van der Waals surface area contributed by atoms with Crippen LogP contribution in [0.15, 0.2) is 0 Å². The van der Waals surface area contributed by atoms with Crippen LogP contribution in [0.4, 0.5) is 0 Å². The summed E-state index contributed by atoms with van der Waals surface area (Å²) in [6, 6.07) is 2.38. The molecular weight excluding hydrogens is 198 g/mol. The molecule has 3 heterocycles. The third kappa shape index (κ3) is 1.79. The van der Waals surface area contributed by atoms with Crippen LogP contribution in [0.3, 0.4) is 0 Å². The molecule has 3 nitrogen and oxygen atoms in total. The maximum atomic E-state index is 5.94. The average molecular weight is 223 g/mol. The van der Waals surface area contributed by atoms with Crippen LogP contribution >= 0.6 is 0 Å². The minimum absolute atomic E-state index is 0.680. The zero-order valence-electron chi connectivity index (χ0n) is 10.3. The molecule has 3 fully saturated rings. The lowest BCUT2D eigenvalue weighted by molar-refractivity contribution is 0.0814. The lowest BCUT2D eigenvalue weighted by Crippen LogP contribution is -2.52. The van der Waals surface area contributed by atoms with E-state index in [0.717, 1.165) is 18.6 Å². The Hall–Kier alpha value is -0.120. The Morgan fingerprint density at radius 2 is 1.81 bits per heavy atom. The fourth-order valence-electron chi connectivity index (χ4n) is 4.16. The number of hydrogen-bond donors (Lipinski definition) is 1. The molecule has 0 aromatic rings. The summed E-state index contributed by atoms with van der Waals surface area (Å²) in [5.74, 6) is 0. The summed E-state index contributed by atoms with van der Waals surface area (Å²) in [6.45, 7) is 4.85. The Bertz CT molecular complexity index is 241. The van der Waals surface area contributed by atoms with Gasteiger partial charge in [-0.2, -0.15) is 0 Å². The zero-order chi connectivity index (χ0) is 11.0. The number of fused-ring (bicyclic) bond motifs is 1. The SMILES string of the molecule is NCC1CCCCN1C1CCN2CCCC12. The lowest BCUT2D eigenvalue weighted by Gasteiger charge is -2.41. The van der Waals surface area contributed by atoms with E-state index in [-0.39, 0.29) is 0 Å². The standard InChI is InChI=1S/C13H25N3/c14-10-11-4-1-2-8-16(11)13-6-9-15-7-3-5-12(13)15/h11-13H,1-10,14H2. The molecule has 16 heavy (non-hydrogen) atoms. The van der Waals surface area contributed by atoms with Crippen molar-refractivity contribution in [3.8, 4) is 0 Å². The van der Waals surface area contributed by atoms with Gasteiger partial charge in [0.1, 0.15) is 0 Å². The zero-order valence-corrected chi connectivity index (χ0v) is 10.3. The van der Waals surface area contributed by atoms with Crippen molar-refractivity contribution < 1.29 is 0 Å². The van der Waals surface area contributed by atoms with Crippen LogP contribution in [-0.4, -0.2) is 54.1 Å². The van der Waals surface area contributed by atoms with Gasteiger partial charge in [-0.3, -0.25) is 9.80 Å². The summed E-state index contributed by atoms with van der Waals surface area (Å²) < 4.78 is 0. The molecule has 3 aliphatic heterocycles. The molecule has 3 unspecified atom stereocenters. The van der Waals surface area contributed by atoms with Crippen LogP contribution in [0.2, 0.25) is 0 Å². The van der Waals surface area contributed by atoms with Crippen LogP contribution in [-0.2, 0) is 0 Å². The molecule has 3 atom stereocenters. The van der Waals surface area contributed by atoms with E-state index in [1.165, 1.54) is 58.2 Å². The van der Waals surface area contributed by atoms with E-state index < -0.39 is 0 Å². The Morgan fingerprint density at radius 3 is 2.69 bits per heavy atom. The highest BCUT2D eigenvalue weighted by Gasteiger charge is 2.42. The smallest absolute Gasteiger partial charge is 0.0267 e. The summed E-state index contributed by atoms with van der Waals surface area (Å²) in [5, 5.41) is 0. The number of rotatable bonds is 2. The van der Waals surface area contributed by atoms with Gasteiger partial charge in [0.25, 0.3) is 0 Å². The molecule has 0 saturated carbocycles. The van der Waals surface area contributed by atoms with E-state index in [0.29, 0.717) is 6.04 Å². The predicted molar refractivity (Wildman–Crippen MR) is 66.4 cm³/mol. The molecule has 3 saturated heterocycles. The van der Waals surface area contributed by atoms with E-state index in [1.54, 1.807) is 0 Å². The molecule has 0 spiro atoms. The monoisotopic (exact) mass is 223 g/mol. The third-order valence-corrected chi connectivity index (χ3v) is 4.94. The molecule has 0 aliphatic carbocycles. The minimum atomic E-state index is 0.680. The summed E-state index contributed by atoms with van der Waals surface area (Å²) in [4.78, 5) is 5.48. The van der Waals surface area contributed by atoms with Crippen LogP contribution < -0.4 is 5.73 Å². The van der Waals surface area contributed by atoms with Gasteiger partial charge >= 0.3 is 0 Å². The fourth-order valence-corrected chi connectivity index (χ4v) is 4.16. The predicted octanol–water partition coefficient (Wildman–Crippen LogP) is 1.04. The van der Waals surface area contributed by atoms with Crippen molar-refractivity contribution in [3.05, 3.63) is 0 Å². The summed E-state index contributed by atoms with van der Waals surface area (Å²) in [6.07, 6.45) is 8.35. The molecule has 2 N–H and O–H groups in total. The number of nitrogens with zero attached hydrogens (tertiary/aromatic N) is 2. The number of nitrogens with two attached hydrogens (primary N) is 1. The van der Waals surface area contributed by atoms with Gasteiger partial charge in [0.15, 0.2) is 0 Å². The van der Waals surface area contributed by atoms with E-state index in [4.69, 9.17) is 5.73 Å². The van der Waals surface area contributed by atoms with Gasteiger partial charge < -0.3 is 5.73 Å². The van der Waals surface area contributed by atoms with Crippen LogP contribution in [0.1, 0.15) is 38.5 Å². The Balaban J connectivity index is 1.70. The first-order valence-corrected chi connectivity index (χ1v) is 7.10. The van der Waals surface area contributed by atoms with Crippen molar-refractivity contribution in [2.45, 2.75) is 56.7 Å². The van der Waals surface area contributed by atoms with Gasteiger partial charge in [-0.05, 0) is 45.2 Å². The molecule has 0 aromatic carbocycles. The second-order valence-corrected chi connectivity index (χ2v) is 5.72. The van der Waals surface area contributed by atoms with Gasteiger partial charge in [-0.15, -0.1) is 0 Å². The number of hydrogen-bond acceptors (Lipinski definition) is 3. The highest BCUT2D eigenvalue weighted by atomic mass is 15.3. The quantitative estimate of drug-likeness (QED) is 0.759. The van der Waals surface area contributed by atoms with Crippen LogP contribution in [0.25, 0.3) is 0 Å². The molecule has 0 aromatic heterocycles. The fraction of sp³-hybridized carbons (Fsp3) is 1.00. The van der Waals surface area contributed by atoms with Gasteiger partial charge in [0, 0.05) is 31.2 Å². The first kappa shape index (κ1) is 11.0. The average Bonchev–Trinajstić information content (AvgIpc) is 2.91. The van der Waals surface area contributed by atoms with Crippen molar-refractivity contribution in [2.24, 2.45) is 5.73 Å².